The lowest BCUT2D eigenvalue weighted by Crippen LogP contribution is -1.67. The summed E-state index contributed by atoms with van der Waals surface area (Å²) >= 11 is 8.35. The smallest absolute Gasteiger partial charge is 0.401 e. The van der Waals surface area contributed by atoms with Crippen LogP contribution in [-0.2, 0) is 0 Å². The Balaban J connectivity index is 0.000000261. The van der Waals surface area contributed by atoms with Crippen molar-refractivity contribution in [1.29, 1.82) is 0 Å². The largest absolute Gasteiger partial charge is 0.469 e. The zero-order valence-corrected chi connectivity index (χ0v) is 8.14. The molecule has 1 aromatic carbocycles. The van der Waals surface area contributed by atoms with E-state index in [4.69, 9.17) is 9.90 Å². The molecule has 0 radical (unpaired) electrons. The minimum atomic E-state index is -1.36. The number of carboxylic acid groups (broad SMARTS) is 1. The normalized spacial score (nSPS) is 8.25. The van der Waals surface area contributed by atoms with Gasteiger partial charge in [0.15, 0.2) is 0 Å². The summed E-state index contributed by atoms with van der Waals surface area (Å²) < 4.78 is 0. The molecule has 12 heavy (non-hydrogen) atoms. The number of aryl methyl sites for hydroxylation is 1. The van der Waals surface area contributed by atoms with Gasteiger partial charge in [-0.3, -0.25) is 0 Å². The van der Waals surface area contributed by atoms with E-state index in [-0.39, 0.29) is 0 Å². The Hall–Kier alpha value is -0.670. The van der Waals surface area contributed by atoms with Gasteiger partial charge in [-0.2, -0.15) is 0 Å². The molecule has 0 heterocycles. The van der Waals surface area contributed by atoms with Crippen molar-refractivity contribution in [2.75, 3.05) is 0 Å². The standard InChI is InChI=1S/C7H8S.CHClO2/c1-6-3-2-4-7(8)5-6;2-1(3)4/h2-5,8H,1H3;(H,3,4). The number of hydrogen-bond donors (Lipinski definition) is 2. The van der Waals surface area contributed by atoms with Gasteiger partial charge in [0.25, 0.3) is 0 Å². The highest BCUT2D eigenvalue weighted by molar-refractivity contribution is 7.80. The number of thiol groups is 1. The van der Waals surface area contributed by atoms with Gasteiger partial charge in [0, 0.05) is 16.5 Å². The number of rotatable bonds is 0. The van der Waals surface area contributed by atoms with Gasteiger partial charge in [0.1, 0.15) is 0 Å². The zero-order valence-electron chi connectivity index (χ0n) is 6.49. The second-order valence-corrected chi connectivity index (χ2v) is 2.93. The highest BCUT2D eigenvalue weighted by Crippen LogP contribution is 2.06. The SMILES string of the molecule is Cc1cccc(S)c1.O=C(O)Cl. The third-order valence-electron chi connectivity index (χ3n) is 1.00. The van der Waals surface area contributed by atoms with Crippen LogP contribution in [0.2, 0.25) is 0 Å². The van der Waals surface area contributed by atoms with E-state index in [1.54, 1.807) is 0 Å². The van der Waals surface area contributed by atoms with Gasteiger partial charge in [-0.15, -0.1) is 12.6 Å². The predicted octanol–water partition coefficient (Wildman–Crippen LogP) is 3.19. The molecule has 1 aromatic rings. The maximum absolute atomic E-state index is 8.77. The van der Waals surface area contributed by atoms with Crippen LogP contribution in [0.4, 0.5) is 4.79 Å². The third kappa shape index (κ3) is 7.44. The molecule has 0 unspecified atom stereocenters. The molecule has 0 fully saturated rings. The van der Waals surface area contributed by atoms with Crippen LogP contribution < -0.4 is 0 Å². The lowest BCUT2D eigenvalue weighted by atomic mass is 10.2. The Morgan fingerprint density at radius 1 is 1.58 bits per heavy atom. The van der Waals surface area contributed by atoms with Crippen molar-refractivity contribution in [3.8, 4) is 0 Å². The molecule has 2 nitrogen and oxygen atoms in total. The fourth-order valence-corrected chi connectivity index (χ4v) is 0.918. The fraction of sp³-hybridized carbons (Fsp3) is 0.125. The maximum atomic E-state index is 8.77. The van der Waals surface area contributed by atoms with Crippen LogP contribution in [0, 0.1) is 6.92 Å². The van der Waals surface area contributed by atoms with Gasteiger partial charge in [-0.25, -0.2) is 4.79 Å². The van der Waals surface area contributed by atoms with Crippen molar-refractivity contribution in [1.82, 2.24) is 0 Å². The highest BCUT2D eigenvalue weighted by atomic mass is 35.5. The van der Waals surface area contributed by atoms with Gasteiger partial charge < -0.3 is 5.11 Å². The molecule has 66 valence electrons. The van der Waals surface area contributed by atoms with Crippen molar-refractivity contribution in [3.63, 3.8) is 0 Å². The van der Waals surface area contributed by atoms with E-state index in [1.807, 2.05) is 18.2 Å². The van der Waals surface area contributed by atoms with Crippen molar-refractivity contribution in [2.45, 2.75) is 11.8 Å². The molecule has 0 spiro atoms. The lowest BCUT2D eigenvalue weighted by Gasteiger charge is -1.89. The van der Waals surface area contributed by atoms with Crippen LogP contribution >= 0.6 is 24.2 Å². The number of benzene rings is 1. The van der Waals surface area contributed by atoms with E-state index >= 15 is 0 Å². The molecule has 4 heteroatoms. The Morgan fingerprint density at radius 2 is 2.08 bits per heavy atom. The minimum Gasteiger partial charge on any atom is -0.469 e. The quantitative estimate of drug-likeness (QED) is 0.503. The Labute approximate surface area is 81.6 Å². The minimum absolute atomic E-state index is 1.03. The first-order valence-electron chi connectivity index (χ1n) is 3.16. The predicted molar refractivity (Wildman–Crippen MR) is 52.3 cm³/mol. The van der Waals surface area contributed by atoms with Crippen LogP contribution in [-0.4, -0.2) is 10.5 Å². The molecule has 0 aliphatic heterocycles. The van der Waals surface area contributed by atoms with Gasteiger partial charge in [-0.1, -0.05) is 17.7 Å². The summed E-state index contributed by atoms with van der Waals surface area (Å²) in [6.07, 6.45) is 0. The van der Waals surface area contributed by atoms with E-state index in [1.165, 1.54) is 5.56 Å². The fourth-order valence-electron chi connectivity index (χ4n) is 0.628. The monoisotopic (exact) mass is 204 g/mol. The molecular formula is C8H9ClO2S. The highest BCUT2D eigenvalue weighted by Gasteiger charge is 1.81. The molecule has 0 aromatic heterocycles. The van der Waals surface area contributed by atoms with Crippen LogP contribution in [0.25, 0.3) is 0 Å². The van der Waals surface area contributed by atoms with E-state index in [9.17, 15) is 0 Å². The zero-order chi connectivity index (χ0) is 9.56. The van der Waals surface area contributed by atoms with E-state index in [0.29, 0.717) is 0 Å². The second-order valence-electron chi connectivity index (χ2n) is 2.09. The van der Waals surface area contributed by atoms with Crippen LogP contribution in [0.15, 0.2) is 29.2 Å². The first-order valence-corrected chi connectivity index (χ1v) is 3.99. The van der Waals surface area contributed by atoms with E-state index in [0.717, 1.165) is 4.90 Å². The van der Waals surface area contributed by atoms with Crippen LogP contribution in [0.5, 0.6) is 0 Å². The van der Waals surface area contributed by atoms with Crippen molar-refractivity contribution >= 4 is 29.7 Å². The van der Waals surface area contributed by atoms with Gasteiger partial charge in [0.05, 0.1) is 0 Å². The summed E-state index contributed by atoms with van der Waals surface area (Å²) in [4.78, 5) is 9.80. The molecular weight excluding hydrogens is 196 g/mol. The first-order chi connectivity index (χ1) is 5.52. The summed E-state index contributed by atoms with van der Waals surface area (Å²) in [5.74, 6) is 0. The van der Waals surface area contributed by atoms with E-state index < -0.39 is 5.43 Å². The number of carbonyl (C=O) groups is 1. The molecule has 0 bridgehead atoms. The third-order valence-corrected chi connectivity index (χ3v) is 1.28. The molecule has 0 saturated heterocycles. The van der Waals surface area contributed by atoms with Gasteiger partial charge in [-0.05, 0) is 19.1 Å². The maximum Gasteiger partial charge on any atom is 0.401 e. The number of hydrogen-bond acceptors (Lipinski definition) is 2. The molecule has 1 N–H and O–H groups in total. The molecule has 0 aliphatic rings. The van der Waals surface area contributed by atoms with Crippen molar-refractivity contribution in [2.24, 2.45) is 0 Å². The second kappa shape index (κ2) is 5.91. The van der Waals surface area contributed by atoms with E-state index in [2.05, 4.69) is 37.2 Å². The molecule has 1 rings (SSSR count). The summed E-state index contributed by atoms with van der Waals surface area (Å²) in [5.41, 5.74) is -0.0995. The van der Waals surface area contributed by atoms with Crippen LogP contribution in [0.3, 0.4) is 0 Å². The molecule has 0 aliphatic carbocycles. The molecule has 0 amide bonds. The first kappa shape index (κ1) is 11.3. The van der Waals surface area contributed by atoms with Crippen molar-refractivity contribution < 1.29 is 9.90 Å². The molecule has 0 atom stereocenters. The Kier molecular flexibility index (Phi) is 5.58. The Bertz CT molecular complexity index is 242. The average molecular weight is 205 g/mol. The van der Waals surface area contributed by atoms with Gasteiger partial charge >= 0.3 is 5.43 Å². The average Bonchev–Trinajstić information content (AvgIpc) is 1.84. The Morgan fingerprint density at radius 3 is 2.33 bits per heavy atom. The van der Waals surface area contributed by atoms with Crippen LogP contribution in [0.1, 0.15) is 5.56 Å². The van der Waals surface area contributed by atoms with Crippen molar-refractivity contribution in [3.05, 3.63) is 29.8 Å². The summed E-state index contributed by atoms with van der Waals surface area (Å²) in [6, 6.07) is 8.05. The summed E-state index contributed by atoms with van der Waals surface area (Å²) in [6.45, 7) is 2.06. The van der Waals surface area contributed by atoms with Gasteiger partial charge in [0.2, 0.25) is 0 Å². The summed E-state index contributed by atoms with van der Waals surface area (Å²) in [5, 5.41) is 7.18. The topological polar surface area (TPSA) is 37.3 Å². The molecule has 0 saturated carbocycles. The lowest BCUT2D eigenvalue weighted by molar-refractivity contribution is 0.220. The number of halogens is 1. The summed E-state index contributed by atoms with van der Waals surface area (Å²) in [7, 11) is 0.